The minimum absolute atomic E-state index is 0.279. The predicted molar refractivity (Wildman–Crippen MR) is 53.4 cm³/mol. The summed E-state index contributed by atoms with van der Waals surface area (Å²) < 4.78 is 42.3. The summed E-state index contributed by atoms with van der Waals surface area (Å²) in [5, 5.41) is 17.8. The zero-order valence-electron chi connectivity index (χ0n) is 9.21. The van der Waals surface area contributed by atoms with Gasteiger partial charge in [-0.2, -0.15) is 18.4 Å². The Kier molecular flexibility index (Phi) is 3.93. The minimum atomic E-state index is -4.73. The van der Waals surface area contributed by atoms with Gasteiger partial charge in [-0.1, -0.05) is 0 Å². The number of nitrogens with zero attached hydrogens (tertiary/aromatic N) is 1. The van der Waals surface area contributed by atoms with Gasteiger partial charge in [-0.15, -0.1) is 0 Å². The van der Waals surface area contributed by atoms with Gasteiger partial charge in [0.15, 0.2) is 0 Å². The monoisotopic (exact) mass is 259 g/mol. The standard InChI is InChI=1S/C11H8F3NO3/c1-18-10(17)9-6(4-15)2-3-8(7(9)5-16)11(12,13)14/h2-3,16H,5H2,1H3. The van der Waals surface area contributed by atoms with Crippen molar-refractivity contribution in [3.63, 3.8) is 0 Å². The topological polar surface area (TPSA) is 70.3 Å². The normalized spacial score (nSPS) is 10.9. The summed E-state index contributed by atoms with van der Waals surface area (Å²) in [5.41, 5.74) is -2.66. The van der Waals surface area contributed by atoms with E-state index in [0.717, 1.165) is 13.2 Å². The van der Waals surface area contributed by atoms with Gasteiger partial charge in [-0.25, -0.2) is 4.79 Å². The number of carbonyl (C=O) groups is 1. The van der Waals surface area contributed by atoms with Gasteiger partial charge in [0.25, 0.3) is 0 Å². The maximum absolute atomic E-state index is 12.7. The van der Waals surface area contributed by atoms with Gasteiger partial charge in [0.2, 0.25) is 0 Å². The smallest absolute Gasteiger partial charge is 0.416 e. The molecule has 0 aliphatic carbocycles. The fraction of sp³-hybridized carbons (Fsp3) is 0.273. The van der Waals surface area contributed by atoms with Crippen LogP contribution in [0.4, 0.5) is 13.2 Å². The molecule has 1 aromatic rings. The van der Waals surface area contributed by atoms with Crippen LogP contribution in [0.2, 0.25) is 0 Å². The molecule has 7 heteroatoms. The van der Waals surface area contributed by atoms with Gasteiger partial charge in [0.05, 0.1) is 30.4 Å². The van der Waals surface area contributed by atoms with Crippen molar-refractivity contribution < 1.29 is 27.8 Å². The second-order valence-electron chi connectivity index (χ2n) is 3.27. The average Bonchev–Trinajstić information content (AvgIpc) is 2.34. The number of aliphatic hydroxyl groups excluding tert-OH is 1. The highest BCUT2D eigenvalue weighted by Crippen LogP contribution is 2.34. The van der Waals surface area contributed by atoms with E-state index in [9.17, 15) is 18.0 Å². The largest absolute Gasteiger partial charge is 0.465 e. The first kappa shape index (κ1) is 14.0. The van der Waals surface area contributed by atoms with E-state index in [4.69, 9.17) is 10.4 Å². The summed E-state index contributed by atoms with van der Waals surface area (Å²) in [5.74, 6) is -1.10. The Morgan fingerprint density at radius 3 is 2.50 bits per heavy atom. The van der Waals surface area contributed by atoms with Gasteiger partial charge in [-0.05, 0) is 12.1 Å². The lowest BCUT2D eigenvalue weighted by Gasteiger charge is -2.15. The number of hydrogen-bond donors (Lipinski definition) is 1. The molecule has 0 bridgehead atoms. The highest BCUT2D eigenvalue weighted by molar-refractivity contribution is 5.94. The van der Waals surface area contributed by atoms with Gasteiger partial charge >= 0.3 is 12.1 Å². The Hall–Kier alpha value is -2.07. The summed E-state index contributed by atoms with van der Waals surface area (Å²) in [6.07, 6.45) is -4.73. The molecular formula is C11H8F3NO3. The van der Waals surface area contributed by atoms with Crippen molar-refractivity contribution in [2.24, 2.45) is 0 Å². The molecular weight excluding hydrogens is 251 g/mol. The molecule has 1 rings (SSSR count). The molecule has 0 radical (unpaired) electrons. The summed E-state index contributed by atoms with van der Waals surface area (Å²) in [7, 11) is 0.977. The van der Waals surface area contributed by atoms with Crippen molar-refractivity contribution >= 4 is 5.97 Å². The number of hydrogen-bond acceptors (Lipinski definition) is 4. The molecule has 0 unspecified atom stereocenters. The third-order valence-electron chi connectivity index (χ3n) is 2.29. The first-order valence-corrected chi connectivity index (χ1v) is 4.69. The fourth-order valence-electron chi connectivity index (χ4n) is 1.51. The molecule has 0 fully saturated rings. The predicted octanol–water partition coefficient (Wildman–Crippen LogP) is 1.86. The maximum Gasteiger partial charge on any atom is 0.416 e. The quantitative estimate of drug-likeness (QED) is 0.823. The zero-order valence-corrected chi connectivity index (χ0v) is 9.21. The van der Waals surface area contributed by atoms with Gasteiger partial charge < -0.3 is 9.84 Å². The highest BCUT2D eigenvalue weighted by Gasteiger charge is 2.36. The Labute approximate surface area is 100 Å². The molecule has 0 spiro atoms. The van der Waals surface area contributed by atoms with E-state index in [1.54, 1.807) is 6.07 Å². The van der Waals surface area contributed by atoms with Crippen LogP contribution in [0.3, 0.4) is 0 Å². The summed E-state index contributed by atoms with van der Waals surface area (Å²) >= 11 is 0. The molecule has 4 nitrogen and oxygen atoms in total. The molecule has 96 valence electrons. The number of nitriles is 1. The summed E-state index contributed by atoms with van der Waals surface area (Å²) in [4.78, 5) is 11.4. The molecule has 0 heterocycles. The molecule has 0 aromatic heterocycles. The molecule has 0 saturated carbocycles. The van der Waals surface area contributed by atoms with E-state index < -0.39 is 35.4 Å². The van der Waals surface area contributed by atoms with Crippen molar-refractivity contribution in [2.75, 3.05) is 7.11 Å². The Morgan fingerprint density at radius 1 is 1.50 bits per heavy atom. The van der Waals surface area contributed by atoms with Crippen LogP contribution >= 0.6 is 0 Å². The van der Waals surface area contributed by atoms with Crippen LogP contribution in [-0.4, -0.2) is 18.2 Å². The number of benzene rings is 1. The molecule has 1 N–H and O–H groups in total. The second-order valence-corrected chi connectivity index (χ2v) is 3.27. The van der Waals surface area contributed by atoms with Crippen molar-refractivity contribution in [2.45, 2.75) is 12.8 Å². The van der Waals surface area contributed by atoms with E-state index in [2.05, 4.69) is 4.74 Å². The molecule has 0 aliphatic rings. The van der Waals surface area contributed by atoms with Crippen molar-refractivity contribution in [1.29, 1.82) is 5.26 Å². The fourth-order valence-corrected chi connectivity index (χ4v) is 1.51. The van der Waals surface area contributed by atoms with Gasteiger partial charge in [0.1, 0.15) is 6.07 Å². The van der Waals surface area contributed by atoms with Gasteiger partial charge in [-0.3, -0.25) is 0 Å². The Balaban J connectivity index is 3.64. The summed E-state index contributed by atoms with van der Waals surface area (Å²) in [6, 6.07) is 3.10. The number of halogens is 3. The van der Waals surface area contributed by atoms with E-state index in [-0.39, 0.29) is 5.56 Å². The van der Waals surface area contributed by atoms with Crippen LogP contribution in [0.5, 0.6) is 0 Å². The second kappa shape index (κ2) is 5.06. The van der Waals surface area contributed by atoms with E-state index in [1.807, 2.05) is 0 Å². The number of carbonyl (C=O) groups excluding carboxylic acids is 1. The first-order valence-electron chi connectivity index (χ1n) is 4.69. The van der Waals surface area contributed by atoms with E-state index in [1.165, 1.54) is 0 Å². The highest BCUT2D eigenvalue weighted by atomic mass is 19.4. The number of methoxy groups -OCH3 is 1. The number of ether oxygens (including phenoxy) is 1. The Bertz CT molecular complexity index is 517. The minimum Gasteiger partial charge on any atom is -0.465 e. The zero-order chi connectivity index (χ0) is 13.9. The van der Waals surface area contributed by atoms with Crippen LogP contribution in [0.1, 0.15) is 27.0 Å². The van der Waals surface area contributed by atoms with Crippen LogP contribution in [-0.2, 0) is 17.5 Å². The number of alkyl halides is 3. The SMILES string of the molecule is COC(=O)c1c(C#N)ccc(C(F)(F)F)c1CO. The van der Waals surface area contributed by atoms with Crippen LogP contribution in [0.25, 0.3) is 0 Å². The van der Waals surface area contributed by atoms with Crippen molar-refractivity contribution in [3.05, 3.63) is 34.4 Å². The molecule has 0 amide bonds. The lowest BCUT2D eigenvalue weighted by Crippen LogP contribution is -2.16. The third kappa shape index (κ3) is 2.43. The molecule has 1 aromatic carbocycles. The average molecular weight is 259 g/mol. The summed E-state index contributed by atoms with van der Waals surface area (Å²) in [6.45, 7) is -1.02. The maximum atomic E-state index is 12.7. The van der Waals surface area contributed by atoms with E-state index in [0.29, 0.717) is 6.07 Å². The van der Waals surface area contributed by atoms with Crippen molar-refractivity contribution in [1.82, 2.24) is 0 Å². The molecule has 18 heavy (non-hydrogen) atoms. The third-order valence-corrected chi connectivity index (χ3v) is 2.29. The van der Waals surface area contributed by atoms with Crippen molar-refractivity contribution in [3.8, 4) is 6.07 Å². The number of aliphatic hydroxyl groups is 1. The lowest BCUT2D eigenvalue weighted by molar-refractivity contribution is -0.138. The molecule has 0 aliphatic heterocycles. The lowest BCUT2D eigenvalue weighted by atomic mass is 9.96. The van der Waals surface area contributed by atoms with Gasteiger partial charge in [0, 0.05) is 5.56 Å². The van der Waals surface area contributed by atoms with Crippen LogP contribution in [0.15, 0.2) is 12.1 Å². The molecule has 0 atom stereocenters. The number of rotatable bonds is 2. The number of esters is 1. The Morgan fingerprint density at radius 2 is 2.11 bits per heavy atom. The van der Waals surface area contributed by atoms with Crippen LogP contribution < -0.4 is 0 Å². The first-order chi connectivity index (χ1) is 8.36. The van der Waals surface area contributed by atoms with Crippen LogP contribution in [0, 0.1) is 11.3 Å². The molecule has 0 saturated heterocycles. The van der Waals surface area contributed by atoms with E-state index >= 15 is 0 Å².